The molecule has 0 spiro atoms. The van der Waals surface area contributed by atoms with Crippen LogP contribution in [0.4, 0.5) is 4.39 Å². The number of carbonyl (C=O) groups is 1. The fraction of sp³-hybridized carbons (Fsp3) is 0.417. The molecule has 1 atom stereocenters. The molecule has 4 heteroatoms. The highest BCUT2D eigenvalue weighted by molar-refractivity contribution is 5.81. The van der Waals surface area contributed by atoms with E-state index in [1.54, 1.807) is 30.0 Å². The van der Waals surface area contributed by atoms with E-state index in [4.69, 9.17) is 5.73 Å². The van der Waals surface area contributed by atoms with Crippen LogP contribution in [0.25, 0.3) is 0 Å². The first-order chi connectivity index (χ1) is 7.56. The Balaban J connectivity index is 2.78. The zero-order chi connectivity index (χ0) is 12.1. The van der Waals surface area contributed by atoms with Gasteiger partial charge in [-0.3, -0.25) is 4.79 Å². The first-order valence-electron chi connectivity index (χ1n) is 5.34. The predicted molar refractivity (Wildman–Crippen MR) is 61.1 cm³/mol. The average Bonchev–Trinajstić information content (AvgIpc) is 2.27. The van der Waals surface area contributed by atoms with Crippen molar-refractivity contribution >= 4 is 5.91 Å². The van der Waals surface area contributed by atoms with Crippen LogP contribution in [0.3, 0.4) is 0 Å². The van der Waals surface area contributed by atoms with Crippen LogP contribution in [0.2, 0.25) is 0 Å². The average molecular weight is 224 g/mol. The molecule has 2 N–H and O–H groups in total. The number of likely N-dealkylation sites (N-methyl/N-ethyl adjacent to an activating group) is 1. The summed E-state index contributed by atoms with van der Waals surface area (Å²) >= 11 is 0. The summed E-state index contributed by atoms with van der Waals surface area (Å²) in [6.07, 6.45) is 0. The highest BCUT2D eigenvalue weighted by Crippen LogP contribution is 2.10. The summed E-state index contributed by atoms with van der Waals surface area (Å²) in [5.74, 6) is -0.454. The van der Waals surface area contributed by atoms with E-state index in [9.17, 15) is 9.18 Å². The van der Waals surface area contributed by atoms with Gasteiger partial charge in [-0.2, -0.15) is 0 Å². The van der Waals surface area contributed by atoms with E-state index in [2.05, 4.69) is 0 Å². The Hall–Kier alpha value is -1.42. The topological polar surface area (TPSA) is 46.3 Å². The molecule has 1 unspecified atom stereocenters. The lowest BCUT2D eigenvalue weighted by molar-refractivity contribution is -0.132. The first-order valence-corrected chi connectivity index (χ1v) is 5.34. The number of halogens is 1. The normalized spacial score (nSPS) is 12.2. The predicted octanol–water partition coefficient (Wildman–Crippen LogP) is 1.52. The monoisotopic (exact) mass is 224 g/mol. The summed E-state index contributed by atoms with van der Waals surface area (Å²) < 4.78 is 13.4. The highest BCUT2D eigenvalue weighted by Gasteiger charge is 2.17. The van der Waals surface area contributed by atoms with Crippen molar-refractivity contribution in [1.29, 1.82) is 0 Å². The summed E-state index contributed by atoms with van der Waals surface area (Å²) in [5, 5.41) is 0. The van der Waals surface area contributed by atoms with Gasteiger partial charge < -0.3 is 10.6 Å². The Kier molecular flexibility index (Phi) is 4.43. The Morgan fingerprint density at radius 3 is 2.62 bits per heavy atom. The molecule has 0 aliphatic heterocycles. The molecule has 0 radical (unpaired) electrons. The van der Waals surface area contributed by atoms with Crippen LogP contribution in [0.5, 0.6) is 0 Å². The number of carbonyl (C=O) groups excluding carboxylic acids is 1. The Morgan fingerprint density at radius 1 is 1.50 bits per heavy atom. The van der Waals surface area contributed by atoms with E-state index in [0.29, 0.717) is 12.1 Å². The zero-order valence-corrected chi connectivity index (χ0v) is 9.61. The van der Waals surface area contributed by atoms with Crippen molar-refractivity contribution in [3.63, 3.8) is 0 Å². The summed E-state index contributed by atoms with van der Waals surface area (Å²) in [7, 11) is 0. The Morgan fingerprint density at radius 2 is 2.12 bits per heavy atom. The van der Waals surface area contributed by atoms with Crippen LogP contribution in [0.1, 0.15) is 19.4 Å². The first kappa shape index (κ1) is 12.6. The third kappa shape index (κ3) is 3.03. The molecule has 16 heavy (non-hydrogen) atoms. The summed E-state index contributed by atoms with van der Waals surface area (Å²) in [6, 6.07) is 5.89. The zero-order valence-electron chi connectivity index (χ0n) is 9.61. The van der Waals surface area contributed by atoms with Gasteiger partial charge in [0.15, 0.2) is 0 Å². The van der Waals surface area contributed by atoms with Gasteiger partial charge in [0.1, 0.15) is 5.82 Å². The standard InChI is InChI=1S/C12H17FN2O/c1-3-15(12(16)9(2)14)8-10-6-4-5-7-11(10)13/h4-7,9H,3,8,14H2,1-2H3. The largest absolute Gasteiger partial charge is 0.337 e. The molecule has 0 aliphatic rings. The minimum absolute atomic E-state index is 0.161. The number of nitrogens with zero attached hydrogens (tertiary/aromatic N) is 1. The maximum Gasteiger partial charge on any atom is 0.239 e. The van der Waals surface area contributed by atoms with Crippen LogP contribution >= 0.6 is 0 Å². The van der Waals surface area contributed by atoms with E-state index >= 15 is 0 Å². The van der Waals surface area contributed by atoms with Gasteiger partial charge in [0.2, 0.25) is 5.91 Å². The molecule has 88 valence electrons. The molecule has 0 heterocycles. The summed E-state index contributed by atoms with van der Waals surface area (Å²) in [6.45, 7) is 4.27. The lowest BCUT2D eigenvalue weighted by Crippen LogP contribution is -2.41. The van der Waals surface area contributed by atoms with Crippen LogP contribution < -0.4 is 5.73 Å². The van der Waals surface area contributed by atoms with Crippen LogP contribution in [0.15, 0.2) is 24.3 Å². The number of amides is 1. The van der Waals surface area contributed by atoms with Gasteiger partial charge in [0.25, 0.3) is 0 Å². The second-order valence-electron chi connectivity index (χ2n) is 3.73. The molecule has 0 bridgehead atoms. The van der Waals surface area contributed by atoms with Gasteiger partial charge >= 0.3 is 0 Å². The lowest BCUT2D eigenvalue weighted by atomic mass is 10.2. The fourth-order valence-electron chi connectivity index (χ4n) is 1.47. The third-order valence-electron chi connectivity index (χ3n) is 2.40. The van der Waals surface area contributed by atoms with Crippen molar-refractivity contribution in [2.45, 2.75) is 26.4 Å². The van der Waals surface area contributed by atoms with Crippen molar-refractivity contribution in [2.24, 2.45) is 5.73 Å². The molecule has 0 aromatic heterocycles. The highest BCUT2D eigenvalue weighted by atomic mass is 19.1. The number of hydrogen-bond acceptors (Lipinski definition) is 2. The minimum atomic E-state index is -0.549. The number of hydrogen-bond donors (Lipinski definition) is 1. The van der Waals surface area contributed by atoms with E-state index in [1.807, 2.05) is 6.92 Å². The molecule has 1 aromatic rings. The molecule has 1 amide bonds. The van der Waals surface area contributed by atoms with Gasteiger partial charge in [-0.15, -0.1) is 0 Å². The Bertz CT molecular complexity index is 366. The molecule has 1 aromatic carbocycles. The van der Waals surface area contributed by atoms with Gasteiger partial charge in [-0.05, 0) is 19.9 Å². The van der Waals surface area contributed by atoms with Gasteiger partial charge in [0, 0.05) is 18.7 Å². The molecule has 0 fully saturated rings. The van der Waals surface area contributed by atoms with E-state index in [-0.39, 0.29) is 18.3 Å². The molecule has 0 saturated heterocycles. The van der Waals surface area contributed by atoms with Crippen molar-refractivity contribution < 1.29 is 9.18 Å². The lowest BCUT2D eigenvalue weighted by Gasteiger charge is -2.23. The maximum absolute atomic E-state index is 13.4. The quantitative estimate of drug-likeness (QED) is 0.842. The van der Waals surface area contributed by atoms with Crippen LogP contribution in [-0.2, 0) is 11.3 Å². The van der Waals surface area contributed by atoms with Crippen LogP contribution in [-0.4, -0.2) is 23.4 Å². The molecule has 0 aliphatic carbocycles. The van der Waals surface area contributed by atoms with Crippen molar-refractivity contribution in [1.82, 2.24) is 4.90 Å². The SMILES string of the molecule is CCN(Cc1ccccc1F)C(=O)C(C)N. The van der Waals surface area contributed by atoms with Crippen molar-refractivity contribution in [3.8, 4) is 0 Å². The van der Waals surface area contributed by atoms with E-state index < -0.39 is 6.04 Å². The molecule has 0 saturated carbocycles. The molecular formula is C12H17FN2O. The molecule has 3 nitrogen and oxygen atoms in total. The number of benzene rings is 1. The number of rotatable bonds is 4. The summed E-state index contributed by atoms with van der Waals surface area (Å²) in [5.41, 5.74) is 6.03. The van der Waals surface area contributed by atoms with E-state index in [0.717, 1.165) is 0 Å². The number of nitrogens with two attached hydrogens (primary N) is 1. The second kappa shape index (κ2) is 5.61. The molecular weight excluding hydrogens is 207 g/mol. The van der Waals surface area contributed by atoms with Crippen molar-refractivity contribution in [3.05, 3.63) is 35.6 Å². The van der Waals surface area contributed by atoms with Crippen LogP contribution in [0, 0.1) is 5.82 Å². The molecule has 1 rings (SSSR count). The Labute approximate surface area is 95.0 Å². The second-order valence-corrected chi connectivity index (χ2v) is 3.73. The van der Waals surface area contributed by atoms with Gasteiger partial charge in [-0.25, -0.2) is 4.39 Å². The van der Waals surface area contributed by atoms with Gasteiger partial charge in [-0.1, -0.05) is 18.2 Å². The smallest absolute Gasteiger partial charge is 0.239 e. The van der Waals surface area contributed by atoms with Crippen molar-refractivity contribution in [2.75, 3.05) is 6.54 Å². The van der Waals surface area contributed by atoms with E-state index in [1.165, 1.54) is 6.07 Å². The maximum atomic E-state index is 13.4. The third-order valence-corrected chi connectivity index (χ3v) is 2.40. The summed E-state index contributed by atoms with van der Waals surface area (Å²) in [4.78, 5) is 13.2. The fourth-order valence-corrected chi connectivity index (χ4v) is 1.47. The van der Waals surface area contributed by atoms with Gasteiger partial charge in [0.05, 0.1) is 6.04 Å². The minimum Gasteiger partial charge on any atom is -0.337 e.